The number of halogens is 1. The normalized spacial score (nSPS) is 10.0. The molecule has 2 aromatic carbocycles. The molecule has 0 atom stereocenters. The first-order chi connectivity index (χ1) is 9.84. The highest BCUT2D eigenvalue weighted by Crippen LogP contribution is 2.09. The molecule has 0 heterocycles. The highest BCUT2D eigenvalue weighted by Gasteiger charge is 2.11. The molecule has 114 valence electrons. The highest BCUT2D eigenvalue weighted by atomic mass is 127. The minimum Gasteiger partial charge on any atom is -1.00 e. The molecule has 0 radical (unpaired) electrons. The van der Waals surface area contributed by atoms with Gasteiger partial charge in [-0.15, -0.1) is 0 Å². The summed E-state index contributed by atoms with van der Waals surface area (Å²) in [5, 5.41) is 0. The lowest BCUT2D eigenvalue weighted by atomic mass is 10.3. The lowest BCUT2D eigenvalue weighted by Gasteiger charge is -2.08. The zero-order chi connectivity index (χ0) is 14.0. The van der Waals surface area contributed by atoms with Crippen LogP contribution in [0.25, 0.3) is 0 Å². The first-order valence-corrected chi connectivity index (χ1v) is 8.76. The van der Waals surface area contributed by atoms with Crippen molar-refractivity contribution in [2.75, 3.05) is 31.0 Å². The molecule has 2 nitrogen and oxygen atoms in total. The molecule has 2 rings (SSSR count). The first kappa shape index (κ1) is 18.2. The number of ether oxygens (including phenoxy) is 2. The Hall–Kier alpha value is -0.880. The fourth-order valence-electron chi connectivity index (χ4n) is 1.74. The zero-order valence-electron chi connectivity index (χ0n) is 12.2. The van der Waals surface area contributed by atoms with Crippen molar-refractivity contribution in [3.05, 3.63) is 60.7 Å². The van der Waals surface area contributed by atoms with Gasteiger partial charge in [0.25, 0.3) is 0 Å². The number of hydrogen-bond donors (Lipinski definition) is 0. The Morgan fingerprint density at radius 1 is 0.714 bits per heavy atom. The van der Waals surface area contributed by atoms with Gasteiger partial charge in [-0.3, -0.25) is 0 Å². The maximum atomic E-state index is 5.71. The Kier molecular flexibility index (Phi) is 9.34. The lowest BCUT2D eigenvalue weighted by molar-refractivity contribution is -0.00000513. The van der Waals surface area contributed by atoms with Gasteiger partial charge in [0.2, 0.25) is 0 Å². The van der Waals surface area contributed by atoms with Crippen LogP contribution in [0.15, 0.2) is 60.7 Å². The van der Waals surface area contributed by atoms with Crippen LogP contribution in [0.5, 0.6) is 11.5 Å². The van der Waals surface area contributed by atoms with Gasteiger partial charge in [-0.05, 0) is 35.2 Å². The highest BCUT2D eigenvalue weighted by molar-refractivity contribution is 7.96. The van der Waals surface area contributed by atoms with Crippen molar-refractivity contribution in [2.24, 2.45) is 0 Å². The van der Waals surface area contributed by atoms with E-state index in [-0.39, 0.29) is 24.0 Å². The van der Waals surface area contributed by atoms with Crippen molar-refractivity contribution in [1.29, 1.82) is 0 Å². The van der Waals surface area contributed by atoms with Crippen LogP contribution in [-0.4, -0.2) is 31.0 Å². The van der Waals surface area contributed by atoms with Crippen molar-refractivity contribution in [1.82, 2.24) is 0 Å². The number of rotatable bonds is 8. The summed E-state index contributed by atoms with van der Waals surface area (Å²) in [5.74, 6) is 4.05. The number of benzene rings is 2. The van der Waals surface area contributed by atoms with Crippen LogP contribution in [0.2, 0.25) is 0 Å². The molecule has 0 spiro atoms. The van der Waals surface area contributed by atoms with Gasteiger partial charge in [0, 0.05) is 0 Å². The Bertz CT molecular complexity index is 433. The Morgan fingerprint density at radius 2 is 1.10 bits per heavy atom. The smallest absolute Gasteiger partial charge is 0.141 e. The predicted molar refractivity (Wildman–Crippen MR) is 86.9 cm³/mol. The quantitative estimate of drug-likeness (QED) is 0.458. The number of hydrogen-bond acceptors (Lipinski definition) is 2. The van der Waals surface area contributed by atoms with Crippen molar-refractivity contribution in [3.63, 3.8) is 0 Å². The summed E-state index contributed by atoms with van der Waals surface area (Å²) >= 11 is 0. The van der Waals surface area contributed by atoms with E-state index in [1.807, 2.05) is 60.7 Å². The molecule has 2 aromatic rings. The molecule has 0 N–H and O–H groups in total. The number of para-hydroxylation sites is 2. The molecule has 0 saturated carbocycles. The monoisotopic (exact) mass is 416 g/mol. The predicted octanol–water partition coefficient (Wildman–Crippen LogP) is 0.396. The Balaban J connectivity index is 0.00000220. The van der Waals surface area contributed by atoms with Crippen LogP contribution in [0.4, 0.5) is 0 Å². The summed E-state index contributed by atoms with van der Waals surface area (Å²) in [6.45, 7) is 1.55. The van der Waals surface area contributed by atoms with Gasteiger partial charge in [-0.2, -0.15) is 0 Å². The zero-order valence-corrected chi connectivity index (χ0v) is 15.2. The van der Waals surface area contributed by atoms with Crippen molar-refractivity contribution >= 4 is 10.9 Å². The summed E-state index contributed by atoms with van der Waals surface area (Å²) in [6.07, 6.45) is 2.27. The third kappa shape index (κ3) is 7.62. The molecule has 0 aliphatic rings. The van der Waals surface area contributed by atoms with Gasteiger partial charge in [-0.1, -0.05) is 36.4 Å². The molecule has 0 aromatic heterocycles. The van der Waals surface area contributed by atoms with Gasteiger partial charge < -0.3 is 33.5 Å². The van der Waals surface area contributed by atoms with E-state index in [4.69, 9.17) is 9.47 Å². The third-order valence-corrected chi connectivity index (χ3v) is 4.61. The Morgan fingerprint density at radius 3 is 1.48 bits per heavy atom. The minimum atomic E-state index is 0. The Labute approximate surface area is 147 Å². The van der Waals surface area contributed by atoms with E-state index in [9.17, 15) is 0 Å². The van der Waals surface area contributed by atoms with Crippen LogP contribution in [0.1, 0.15) is 0 Å². The average molecular weight is 416 g/mol. The van der Waals surface area contributed by atoms with Crippen LogP contribution in [0, 0.1) is 0 Å². The van der Waals surface area contributed by atoms with Gasteiger partial charge in [0.05, 0.1) is 6.26 Å². The molecule has 0 amide bonds. The molecule has 4 heteroatoms. The topological polar surface area (TPSA) is 18.5 Å². The van der Waals surface area contributed by atoms with Crippen molar-refractivity contribution in [3.8, 4) is 11.5 Å². The van der Waals surface area contributed by atoms with E-state index in [0.717, 1.165) is 36.2 Å². The second-order valence-electron chi connectivity index (χ2n) is 4.51. The standard InChI is InChI=1S/C17H21O2S.HI/c1-20(14-12-18-16-8-4-2-5-9-16)15-13-19-17-10-6-3-7-11-17;/h2-11H,12-15H2,1H3;1H/q+1;/p-1. The van der Waals surface area contributed by atoms with E-state index in [0.29, 0.717) is 10.9 Å². The van der Waals surface area contributed by atoms with E-state index in [2.05, 4.69) is 6.26 Å². The van der Waals surface area contributed by atoms with Crippen LogP contribution in [-0.2, 0) is 10.9 Å². The molecule has 21 heavy (non-hydrogen) atoms. The first-order valence-electron chi connectivity index (χ1n) is 6.79. The summed E-state index contributed by atoms with van der Waals surface area (Å²) in [5.41, 5.74) is 0. The van der Waals surface area contributed by atoms with E-state index in [1.54, 1.807) is 0 Å². The fourth-order valence-corrected chi connectivity index (χ4v) is 2.68. The SMILES string of the molecule is C[S+](CCOc1ccccc1)CCOc1ccccc1.[I-]. The molecular formula is C17H21IO2S. The van der Waals surface area contributed by atoms with E-state index >= 15 is 0 Å². The molecule has 0 saturated heterocycles. The molecule has 0 unspecified atom stereocenters. The van der Waals surface area contributed by atoms with E-state index < -0.39 is 0 Å². The van der Waals surface area contributed by atoms with Crippen molar-refractivity contribution < 1.29 is 33.5 Å². The van der Waals surface area contributed by atoms with Crippen LogP contribution >= 0.6 is 0 Å². The largest absolute Gasteiger partial charge is 1.00 e. The van der Waals surface area contributed by atoms with E-state index in [1.165, 1.54) is 0 Å². The summed E-state index contributed by atoms with van der Waals surface area (Å²) in [4.78, 5) is 0. The summed E-state index contributed by atoms with van der Waals surface area (Å²) in [7, 11) is 0.333. The fraction of sp³-hybridized carbons (Fsp3) is 0.294. The maximum Gasteiger partial charge on any atom is 0.141 e. The average Bonchev–Trinajstić information content (AvgIpc) is 2.49. The van der Waals surface area contributed by atoms with Crippen LogP contribution < -0.4 is 33.5 Å². The minimum absolute atomic E-state index is 0. The second-order valence-corrected chi connectivity index (χ2v) is 6.89. The van der Waals surface area contributed by atoms with Gasteiger partial charge >= 0.3 is 0 Å². The maximum absolute atomic E-state index is 5.71. The molecular weight excluding hydrogens is 395 g/mol. The molecule has 0 aliphatic heterocycles. The molecule has 0 fully saturated rings. The third-order valence-electron chi connectivity index (χ3n) is 2.89. The lowest BCUT2D eigenvalue weighted by Crippen LogP contribution is -3.00. The summed E-state index contributed by atoms with van der Waals surface area (Å²) < 4.78 is 11.4. The van der Waals surface area contributed by atoms with Gasteiger partial charge in [0.1, 0.15) is 36.2 Å². The van der Waals surface area contributed by atoms with Gasteiger partial charge in [0.15, 0.2) is 0 Å². The second kappa shape index (κ2) is 10.8. The molecule has 0 aliphatic carbocycles. The molecule has 0 bridgehead atoms. The van der Waals surface area contributed by atoms with Gasteiger partial charge in [-0.25, -0.2) is 0 Å². The van der Waals surface area contributed by atoms with Crippen LogP contribution in [0.3, 0.4) is 0 Å². The summed E-state index contributed by atoms with van der Waals surface area (Å²) in [6, 6.07) is 19.9. The van der Waals surface area contributed by atoms with Crippen molar-refractivity contribution in [2.45, 2.75) is 0 Å².